The van der Waals surface area contributed by atoms with Crippen molar-refractivity contribution in [2.45, 2.75) is 26.8 Å². The highest BCUT2D eigenvalue weighted by Crippen LogP contribution is 2.16. The molecule has 0 spiro atoms. The molecule has 0 aliphatic carbocycles. The Bertz CT molecular complexity index is 562. The van der Waals surface area contributed by atoms with Crippen LogP contribution in [0.15, 0.2) is 23.7 Å². The minimum atomic E-state index is 0.0735. The molecule has 2 rings (SSSR count). The number of rotatable bonds is 5. The molecular formula is C14H17N3OS. The molecule has 2 aromatic heterocycles. The number of pyridine rings is 1. The average molecular weight is 275 g/mol. The van der Waals surface area contributed by atoms with E-state index in [1.54, 1.807) is 23.6 Å². The SMILES string of the molecule is CCC(=O)c1ccc(N(C)Cc2csc(C)n2)cn1. The van der Waals surface area contributed by atoms with E-state index in [-0.39, 0.29) is 5.78 Å². The highest BCUT2D eigenvalue weighted by Gasteiger charge is 2.08. The van der Waals surface area contributed by atoms with Gasteiger partial charge in [0.25, 0.3) is 0 Å². The van der Waals surface area contributed by atoms with Gasteiger partial charge in [-0.25, -0.2) is 4.98 Å². The predicted octanol–water partition coefficient (Wildman–Crippen LogP) is 3.08. The Labute approximate surface area is 117 Å². The van der Waals surface area contributed by atoms with Crippen molar-refractivity contribution in [1.29, 1.82) is 0 Å². The molecule has 2 heterocycles. The van der Waals surface area contributed by atoms with E-state index < -0.39 is 0 Å². The van der Waals surface area contributed by atoms with E-state index in [0.717, 1.165) is 22.9 Å². The molecule has 0 saturated carbocycles. The lowest BCUT2D eigenvalue weighted by molar-refractivity contribution is 0.0983. The van der Waals surface area contributed by atoms with Crippen LogP contribution in [-0.2, 0) is 6.54 Å². The molecule has 19 heavy (non-hydrogen) atoms. The highest BCUT2D eigenvalue weighted by molar-refractivity contribution is 7.09. The first-order valence-electron chi connectivity index (χ1n) is 6.21. The van der Waals surface area contributed by atoms with Gasteiger partial charge >= 0.3 is 0 Å². The summed E-state index contributed by atoms with van der Waals surface area (Å²) in [7, 11) is 1.99. The summed E-state index contributed by atoms with van der Waals surface area (Å²) in [6.45, 7) is 4.59. The van der Waals surface area contributed by atoms with Crippen molar-refractivity contribution in [2.24, 2.45) is 0 Å². The highest BCUT2D eigenvalue weighted by atomic mass is 32.1. The van der Waals surface area contributed by atoms with Gasteiger partial charge in [-0.1, -0.05) is 6.92 Å². The number of ketones is 1. The van der Waals surface area contributed by atoms with Crippen molar-refractivity contribution < 1.29 is 4.79 Å². The van der Waals surface area contributed by atoms with E-state index in [1.807, 2.05) is 27.0 Å². The fourth-order valence-electron chi connectivity index (χ4n) is 1.77. The Morgan fingerprint density at radius 2 is 2.21 bits per heavy atom. The molecule has 100 valence electrons. The number of carbonyl (C=O) groups is 1. The van der Waals surface area contributed by atoms with E-state index in [9.17, 15) is 4.79 Å². The number of Topliss-reactive ketones (excluding diaryl/α,β-unsaturated/α-hetero) is 1. The molecule has 2 aromatic rings. The molecule has 0 fully saturated rings. The molecule has 0 N–H and O–H groups in total. The first-order chi connectivity index (χ1) is 9.10. The van der Waals surface area contributed by atoms with Gasteiger partial charge < -0.3 is 4.90 Å². The van der Waals surface area contributed by atoms with Crippen LogP contribution in [0.1, 0.15) is 34.5 Å². The molecule has 4 nitrogen and oxygen atoms in total. The summed E-state index contributed by atoms with van der Waals surface area (Å²) in [6, 6.07) is 3.71. The van der Waals surface area contributed by atoms with Crippen LogP contribution in [0.4, 0.5) is 5.69 Å². The predicted molar refractivity (Wildman–Crippen MR) is 77.8 cm³/mol. The van der Waals surface area contributed by atoms with Gasteiger partial charge in [0.2, 0.25) is 0 Å². The third-order valence-electron chi connectivity index (χ3n) is 2.86. The van der Waals surface area contributed by atoms with Crippen LogP contribution in [0.25, 0.3) is 0 Å². The first-order valence-corrected chi connectivity index (χ1v) is 7.09. The first kappa shape index (κ1) is 13.7. The van der Waals surface area contributed by atoms with Gasteiger partial charge in [0, 0.05) is 18.8 Å². The number of nitrogens with zero attached hydrogens (tertiary/aromatic N) is 3. The molecule has 0 bridgehead atoms. The second-order valence-corrected chi connectivity index (χ2v) is 5.45. The van der Waals surface area contributed by atoms with Crippen molar-refractivity contribution in [1.82, 2.24) is 9.97 Å². The molecule has 0 saturated heterocycles. The maximum Gasteiger partial charge on any atom is 0.180 e. The minimum Gasteiger partial charge on any atom is -0.367 e. The van der Waals surface area contributed by atoms with Gasteiger partial charge in [-0.05, 0) is 19.1 Å². The number of aromatic nitrogens is 2. The third kappa shape index (κ3) is 3.38. The number of hydrogen-bond donors (Lipinski definition) is 0. The number of anilines is 1. The van der Waals surface area contributed by atoms with Gasteiger partial charge in [-0.15, -0.1) is 11.3 Å². The van der Waals surface area contributed by atoms with Crippen molar-refractivity contribution in [2.75, 3.05) is 11.9 Å². The summed E-state index contributed by atoms with van der Waals surface area (Å²) >= 11 is 1.65. The number of hydrogen-bond acceptors (Lipinski definition) is 5. The van der Waals surface area contributed by atoms with Crippen molar-refractivity contribution in [3.8, 4) is 0 Å². The fraction of sp³-hybridized carbons (Fsp3) is 0.357. The second kappa shape index (κ2) is 5.93. The van der Waals surface area contributed by atoms with E-state index in [4.69, 9.17) is 0 Å². The lowest BCUT2D eigenvalue weighted by Gasteiger charge is -2.17. The van der Waals surface area contributed by atoms with E-state index in [0.29, 0.717) is 12.1 Å². The molecule has 0 unspecified atom stereocenters. The van der Waals surface area contributed by atoms with Crippen molar-refractivity contribution in [3.05, 3.63) is 40.1 Å². The van der Waals surface area contributed by atoms with Crippen molar-refractivity contribution >= 4 is 22.8 Å². The lowest BCUT2D eigenvalue weighted by atomic mass is 10.2. The number of thiazole rings is 1. The Morgan fingerprint density at radius 3 is 2.74 bits per heavy atom. The summed E-state index contributed by atoms with van der Waals surface area (Å²) < 4.78 is 0. The Balaban J connectivity index is 2.07. The maximum atomic E-state index is 11.5. The van der Waals surface area contributed by atoms with Gasteiger partial charge in [-0.3, -0.25) is 9.78 Å². The quantitative estimate of drug-likeness (QED) is 0.787. The zero-order chi connectivity index (χ0) is 13.8. The maximum absolute atomic E-state index is 11.5. The smallest absolute Gasteiger partial charge is 0.180 e. The largest absolute Gasteiger partial charge is 0.367 e. The molecule has 0 aliphatic heterocycles. The average Bonchev–Trinajstić information content (AvgIpc) is 2.83. The van der Waals surface area contributed by atoms with Crippen LogP contribution in [-0.4, -0.2) is 22.8 Å². The molecule has 0 amide bonds. The molecular weight excluding hydrogens is 258 g/mol. The van der Waals surface area contributed by atoms with E-state index >= 15 is 0 Å². The van der Waals surface area contributed by atoms with Gasteiger partial charge in [0.05, 0.1) is 29.1 Å². The van der Waals surface area contributed by atoms with Gasteiger partial charge in [0.15, 0.2) is 5.78 Å². The van der Waals surface area contributed by atoms with Crippen LogP contribution >= 0.6 is 11.3 Å². The van der Waals surface area contributed by atoms with Crippen LogP contribution in [0.2, 0.25) is 0 Å². The minimum absolute atomic E-state index is 0.0735. The van der Waals surface area contributed by atoms with Gasteiger partial charge in [-0.2, -0.15) is 0 Å². The second-order valence-electron chi connectivity index (χ2n) is 4.39. The van der Waals surface area contributed by atoms with Crippen molar-refractivity contribution in [3.63, 3.8) is 0 Å². The zero-order valence-corrected chi connectivity index (χ0v) is 12.2. The lowest BCUT2D eigenvalue weighted by Crippen LogP contribution is -2.17. The Hall–Kier alpha value is -1.75. The van der Waals surface area contributed by atoms with E-state index in [1.165, 1.54) is 0 Å². The number of aryl methyl sites for hydroxylation is 1. The van der Waals surface area contributed by atoms with Crippen LogP contribution < -0.4 is 4.90 Å². The standard InChI is InChI=1S/C14H17N3OS/c1-4-14(18)13-6-5-12(7-15-13)17(3)8-11-9-19-10(2)16-11/h5-7,9H,4,8H2,1-3H3. The molecule has 0 aliphatic rings. The zero-order valence-electron chi connectivity index (χ0n) is 11.4. The van der Waals surface area contributed by atoms with Crippen LogP contribution in [0, 0.1) is 6.92 Å². The summed E-state index contributed by atoms with van der Waals surface area (Å²) in [5.74, 6) is 0.0735. The molecule has 0 aromatic carbocycles. The molecule has 0 atom stereocenters. The summed E-state index contributed by atoms with van der Waals surface area (Å²) in [5.41, 5.74) is 2.57. The van der Waals surface area contributed by atoms with Gasteiger partial charge in [0.1, 0.15) is 5.69 Å². The molecule has 5 heteroatoms. The third-order valence-corrected chi connectivity index (χ3v) is 3.68. The Kier molecular flexibility index (Phi) is 4.27. The Morgan fingerprint density at radius 1 is 1.42 bits per heavy atom. The summed E-state index contributed by atoms with van der Waals surface area (Å²) in [5, 5.41) is 3.14. The summed E-state index contributed by atoms with van der Waals surface area (Å²) in [4.78, 5) is 22.2. The number of carbonyl (C=O) groups excluding carboxylic acids is 1. The topological polar surface area (TPSA) is 46.1 Å². The normalized spacial score (nSPS) is 10.5. The van der Waals surface area contributed by atoms with Crippen LogP contribution in [0.3, 0.4) is 0 Å². The fourth-order valence-corrected chi connectivity index (χ4v) is 2.38. The summed E-state index contributed by atoms with van der Waals surface area (Å²) in [6.07, 6.45) is 2.22. The van der Waals surface area contributed by atoms with E-state index in [2.05, 4.69) is 20.2 Å². The van der Waals surface area contributed by atoms with Crippen LogP contribution in [0.5, 0.6) is 0 Å². The monoisotopic (exact) mass is 275 g/mol. The molecule has 0 radical (unpaired) electrons.